The number of ether oxygens (including phenoxy) is 6. The molecule has 0 aliphatic carbocycles. The number of carbonyl (C=O) groups excluding carboxylic acids is 7. The number of likely N-dealkylation sites (N-methyl/N-ethyl adjacent to an activating group) is 1. The summed E-state index contributed by atoms with van der Waals surface area (Å²) in [4.78, 5) is 113. The summed E-state index contributed by atoms with van der Waals surface area (Å²) < 4.78 is 43.1. The van der Waals surface area contributed by atoms with Crippen LogP contribution in [-0.2, 0) is 49.5 Å². The van der Waals surface area contributed by atoms with Crippen LogP contribution in [0.2, 0.25) is 0 Å². The van der Waals surface area contributed by atoms with Gasteiger partial charge in [0.1, 0.15) is 54.0 Å². The SMILES string of the molecule is CCOCCC(=O)N[C@H](C(=O)C[C@@H](CCCNC(N)=O)C(=O)Nc1ccc(C[N+](C)(C)CCOc2ccc3nc4c(oc3c2)c2c(O)c3c(=O)c(C)c5c(c34)C(=O)[C@@](C)(O/C=C/[C@H](OC)[C@@H](C)[C@@H](OC(C)=O)[C@H](C)[C@H](C)[C@H](C)[C@@H](O)[C@@H](C)/C=C/C=C(/C)C(=O)N2)O5)cc1)C(C)C. The van der Waals surface area contributed by atoms with Gasteiger partial charge in [0.05, 0.1) is 56.2 Å². The highest BCUT2D eigenvalue weighted by Crippen LogP contribution is 2.49. The number of hydrogen-bond donors (Lipinski definition) is 7. The Morgan fingerprint density at radius 3 is 2.29 bits per heavy atom. The Bertz CT molecular complexity index is 3860. The number of ketones is 2. The number of methoxy groups -OCH3 is 1. The van der Waals surface area contributed by atoms with Gasteiger partial charge in [-0.15, -0.1) is 0 Å². The van der Waals surface area contributed by atoms with Crippen molar-refractivity contribution in [3.63, 3.8) is 0 Å². The Balaban J connectivity index is 1.15. The molecule has 0 saturated carbocycles. The van der Waals surface area contributed by atoms with Crippen molar-refractivity contribution >= 4 is 85.6 Å². The van der Waals surface area contributed by atoms with E-state index in [9.17, 15) is 43.8 Å². The second kappa shape index (κ2) is 32.4. The number of anilines is 2. The number of esters is 1. The molecule has 520 valence electrons. The van der Waals surface area contributed by atoms with Crippen molar-refractivity contribution in [1.82, 2.24) is 15.6 Å². The molecule has 24 heteroatoms. The van der Waals surface area contributed by atoms with E-state index in [0.29, 0.717) is 42.0 Å². The maximum Gasteiger partial charge on any atom is 0.312 e. The van der Waals surface area contributed by atoms with Crippen LogP contribution in [0.25, 0.3) is 33.0 Å². The number of nitrogens with one attached hydrogen (secondary N) is 4. The minimum absolute atomic E-state index is 0.0283. The number of nitrogens with zero attached hydrogens (tertiary/aromatic N) is 2. The fourth-order valence-corrected chi connectivity index (χ4v) is 12.4. The van der Waals surface area contributed by atoms with Gasteiger partial charge in [-0.2, -0.15) is 0 Å². The molecule has 5 amide bonds. The molecule has 96 heavy (non-hydrogen) atoms. The first-order chi connectivity index (χ1) is 45.3. The number of aliphatic hydroxyl groups excluding tert-OH is 1. The van der Waals surface area contributed by atoms with Crippen molar-refractivity contribution in [2.45, 2.75) is 145 Å². The monoisotopic (exact) mass is 1330 g/mol. The van der Waals surface area contributed by atoms with Gasteiger partial charge in [0.2, 0.25) is 11.8 Å². The van der Waals surface area contributed by atoms with Crippen LogP contribution in [0.4, 0.5) is 16.2 Å². The maximum absolute atomic E-state index is 15.0. The van der Waals surface area contributed by atoms with E-state index in [-0.39, 0.29) is 141 Å². The lowest BCUT2D eigenvalue weighted by atomic mass is 9.73. The van der Waals surface area contributed by atoms with Crippen LogP contribution >= 0.6 is 0 Å². The standard InChI is InChI=1S/C72H95N7O17/c1-16-91-32-29-55(82)77-59(38(2)3)52(81)35-48(21-18-30-74-71(73)89)70(88)75-49-24-22-47(23-25-49)37-79(13,14)31-34-92-50-26-27-51-54(36-50)95-67-60(76-51)56-57-63(84)45(10)66-58(56)68(86)72(12,96-66)93-33-28-53(90-15)44(9)65(94-46(11)80)43(8)41(6)42(7)62(83)39(4)19-17-20-40(5)69(87)78-61(67)64(57)85/h17,19-20,22-28,33,36,38-39,41-44,48,53,59,62,65,83H,16,18,21,29-32,34-35,37H2,1-15H3,(H6-,73,74,75,76,77,78,82,84,85,86,87,88,89)/p+1/b19-17+,33-28+,40-20-/t39-,41+,42-,43+,44+,48+,53-,59-,62-,65-,72-/m0/s1. The number of primary amides is 1. The van der Waals surface area contributed by atoms with E-state index in [2.05, 4.69) is 21.3 Å². The van der Waals surface area contributed by atoms with E-state index in [1.807, 2.05) is 81.6 Å². The highest BCUT2D eigenvalue weighted by atomic mass is 16.7. The summed E-state index contributed by atoms with van der Waals surface area (Å²) in [5.41, 5.74) is 5.92. The Kier molecular flexibility index (Phi) is 25.2. The predicted molar refractivity (Wildman–Crippen MR) is 364 cm³/mol. The lowest BCUT2D eigenvalue weighted by Gasteiger charge is -2.39. The maximum atomic E-state index is 15.0. The van der Waals surface area contributed by atoms with Crippen molar-refractivity contribution in [3.05, 3.63) is 106 Å². The van der Waals surface area contributed by atoms with Gasteiger partial charge in [-0.05, 0) is 87.6 Å². The molecular weight excluding hydrogens is 1230 g/mol. The molecular formula is C72H96N7O17+. The van der Waals surface area contributed by atoms with E-state index >= 15 is 4.79 Å². The van der Waals surface area contributed by atoms with Gasteiger partial charge in [0.25, 0.3) is 11.7 Å². The number of aliphatic hydroxyl groups is 1. The number of quaternary nitrogens is 1. The molecule has 7 rings (SSSR count). The second-order valence-electron chi connectivity index (χ2n) is 26.6. The number of phenols is 1. The van der Waals surface area contributed by atoms with Crippen LogP contribution in [0.3, 0.4) is 0 Å². The number of allylic oxidation sites excluding steroid dienone is 2. The minimum Gasteiger partial charge on any atom is -0.505 e. The Morgan fingerprint density at radius 1 is 0.927 bits per heavy atom. The molecule has 4 aromatic carbocycles. The Labute approximate surface area is 560 Å². The number of carbonyl (C=O) groups is 7. The average Bonchev–Trinajstić information content (AvgIpc) is 1.39. The number of rotatable bonds is 23. The summed E-state index contributed by atoms with van der Waals surface area (Å²) in [7, 11) is 5.56. The zero-order valence-corrected chi connectivity index (χ0v) is 57.8. The van der Waals surface area contributed by atoms with Crippen molar-refractivity contribution in [3.8, 4) is 17.2 Å². The molecule has 11 atom stereocenters. The third-order valence-electron chi connectivity index (χ3n) is 18.5. The summed E-state index contributed by atoms with van der Waals surface area (Å²) >= 11 is 0. The summed E-state index contributed by atoms with van der Waals surface area (Å²) in [6.45, 7) is 23.0. The molecule has 5 bridgehead atoms. The quantitative estimate of drug-likeness (QED) is 0.00799. The van der Waals surface area contributed by atoms with Gasteiger partial charge in [-0.1, -0.05) is 78.8 Å². The lowest BCUT2D eigenvalue weighted by Crippen LogP contribution is -2.45. The van der Waals surface area contributed by atoms with Crippen LogP contribution in [0.15, 0.2) is 87.8 Å². The molecule has 0 spiro atoms. The fraction of sp³-hybridized carbons (Fsp3) is 0.514. The van der Waals surface area contributed by atoms with E-state index in [1.165, 1.54) is 34.1 Å². The van der Waals surface area contributed by atoms with Gasteiger partial charge in [0.15, 0.2) is 28.1 Å². The zero-order valence-electron chi connectivity index (χ0n) is 57.8. The first-order valence-corrected chi connectivity index (χ1v) is 32.8. The first-order valence-electron chi connectivity index (χ1n) is 32.8. The number of benzene rings is 4. The number of hydrogen-bond acceptors (Lipinski definition) is 18. The van der Waals surface area contributed by atoms with Crippen molar-refractivity contribution in [2.75, 3.05) is 64.7 Å². The summed E-state index contributed by atoms with van der Waals surface area (Å²) in [5, 5.41) is 34.7. The van der Waals surface area contributed by atoms with Gasteiger partial charge in [0, 0.05) is 98.5 Å². The number of Topliss-reactive ketones (excluding diaryl/α,β-unsaturated/α-hetero) is 2. The van der Waals surface area contributed by atoms with Crippen molar-refractivity contribution in [2.24, 2.45) is 47.2 Å². The van der Waals surface area contributed by atoms with E-state index < -0.39 is 82.8 Å². The molecule has 24 nitrogen and oxygen atoms in total. The highest BCUT2D eigenvalue weighted by molar-refractivity contribution is 6.26. The van der Waals surface area contributed by atoms with Crippen LogP contribution < -0.4 is 41.9 Å². The predicted octanol–water partition coefficient (Wildman–Crippen LogP) is 9.46. The molecule has 0 radical (unpaired) electrons. The second-order valence-corrected chi connectivity index (χ2v) is 26.6. The van der Waals surface area contributed by atoms with Crippen LogP contribution in [0.5, 0.6) is 17.2 Å². The molecule has 5 aromatic rings. The molecule has 2 aliphatic heterocycles. The topological polar surface area (TPSA) is 333 Å². The minimum atomic E-state index is -2.07. The number of phenolic OH excluding ortho intramolecular Hbond substituents is 1. The molecule has 0 saturated heterocycles. The molecule has 8 N–H and O–H groups in total. The van der Waals surface area contributed by atoms with Crippen LogP contribution in [0, 0.1) is 48.3 Å². The number of amides is 5. The third kappa shape index (κ3) is 17.8. The Hall–Kier alpha value is -8.71. The van der Waals surface area contributed by atoms with Crippen molar-refractivity contribution < 1.29 is 81.1 Å². The number of aromatic hydroxyl groups is 1. The summed E-state index contributed by atoms with van der Waals surface area (Å²) in [5.74, 6) is -8.06. The molecule has 2 aliphatic rings. The lowest BCUT2D eigenvalue weighted by molar-refractivity contribution is -0.903. The van der Waals surface area contributed by atoms with E-state index in [4.69, 9.17) is 43.6 Å². The molecule has 1 aromatic heterocycles. The van der Waals surface area contributed by atoms with Gasteiger partial charge >= 0.3 is 17.8 Å². The first kappa shape index (κ1) is 74.7. The largest absolute Gasteiger partial charge is 0.505 e. The Morgan fingerprint density at radius 2 is 1.64 bits per heavy atom. The van der Waals surface area contributed by atoms with Gasteiger partial charge in [-0.3, -0.25) is 33.6 Å². The van der Waals surface area contributed by atoms with Crippen LogP contribution in [0.1, 0.15) is 123 Å². The van der Waals surface area contributed by atoms with Gasteiger partial charge < -0.3 is 74.5 Å². The summed E-state index contributed by atoms with van der Waals surface area (Å²) in [6, 6.07) is 10.8. The smallest absolute Gasteiger partial charge is 0.312 e. The number of nitrogens with two attached hydrogens (primary N) is 1. The highest BCUT2D eigenvalue weighted by Gasteiger charge is 2.50. The van der Waals surface area contributed by atoms with Crippen LogP contribution in [-0.4, -0.2) is 145 Å². The molecule has 0 fully saturated rings. The normalized spacial score (nSPS) is 23.7. The fourth-order valence-electron chi connectivity index (χ4n) is 12.4. The van der Waals surface area contributed by atoms with Gasteiger partial charge in [-0.25, -0.2) is 9.78 Å². The summed E-state index contributed by atoms with van der Waals surface area (Å²) in [6.07, 6.45) is 6.12. The van der Waals surface area contributed by atoms with E-state index in [0.717, 1.165) is 5.56 Å². The average molecular weight is 1330 g/mol. The van der Waals surface area contributed by atoms with E-state index in [1.54, 1.807) is 61.6 Å². The zero-order chi connectivity index (χ0) is 70.7. The third-order valence-corrected chi connectivity index (χ3v) is 18.5. The van der Waals surface area contributed by atoms with Crippen molar-refractivity contribution in [1.29, 1.82) is 0 Å². The number of urea groups is 1. The number of fused-ring (bicyclic) bond motifs is 5. The molecule has 3 heterocycles. The molecule has 0 unspecified atom stereocenters. The number of aromatic nitrogens is 1.